The minimum Gasteiger partial charge on any atom is -0.329 e. The second-order valence-electron chi connectivity index (χ2n) is 6.13. The highest BCUT2D eigenvalue weighted by molar-refractivity contribution is 7.12. The predicted molar refractivity (Wildman–Crippen MR) is 82.3 cm³/mol. The molecule has 0 fully saturated rings. The van der Waals surface area contributed by atoms with E-state index in [9.17, 15) is 0 Å². The molecule has 0 spiro atoms. The molecule has 1 aromatic heterocycles. The summed E-state index contributed by atoms with van der Waals surface area (Å²) in [4.78, 5) is 5.23. The lowest BCUT2D eigenvalue weighted by Crippen LogP contribution is -2.36. The minimum atomic E-state index is 0.233. The summed E-state index contributed by atoms with van der Waals surface area (Å²) in [5.74, 6) is 0. The second kappa shape index (κ2) is 6.18. The first-order valence-electron chi connectivity index (χ1n) is 6.83. The summed E-state index contributed by atoms with van der Waals surface area (Å²) in [5, 5.41) is 0. The first kappa shape index (κ1) is 15.7. The van der Waals surface area contributed by atoms with Crippen LogP contribution in [0.25, 0.3) is 0 Å². The Kier molecular flexibility index (Phi) is 5.38. The van der Waals surface area contributed by atoms with Crippen LogP contribution in [-0.2, 0) is 5.41 Å². The monoisotopic (exact) mass is 268 g/mol. The van der Waals surface area contributed by atoms with E-state index in [-0.39, 0.29) is 5.41 Å². The average molecular weight is 268 g/mol. The van der Waals surface area contributed by atoms with Gasteiger partial charge in [0.05, 0.1) is 6.04 Å². The third-order valence-electron chi connectivity index (χ3n) is 3.70. The Morgan fingerprint density at radius 1 is 1.33 bits per heavy atom. The normalized spacial score (nSPS) is 16.0. The van der Waals surface area contributed by atoms with E-state index >= 15 is 0 Å². The summed E-state index contributed by atoms with van der Waals surface area (Å²) in [7, 11) is 2.18. The summed E-state index contributed by atoms with van der Waals surface area (Å²) in [6, 6.07) is 5.43. The van der Waals surface area contributed by atoms with Gasteiger partial charge in [-0.2, -0.15) is 0 Å². The molecular weight excluding hydrogens is 240 g/mol. The van der Waals surface area contributed by atoms with Gasteiger partial charge in [0.15, 0.2) is 0 Å². The van der Waals surface area contributed by atoms with Gasteiger partial charge in [-0.1, -0.05) is 27.7 Å². The largest absolute Gasteiger partial charge is 0.329 e. The van der Waals surface area contributed by atoms with Crippen molar-refractivity contribution in [1.82, 2.24) is 4.90 Å². The third-order valence-corrected chi connectivity index (χ3v) is 5.31. The van der Waals surface area contributed by atoms with E-state index in [1.165, 1.54) is 9.75 Å². The number of hydrogen-bond donors (Lipinski definition) is 1. The fourth-order valence-corrected chi connectivity index (χ4v) is 3.24. The molecule has 1 rings (SSSR count). The van der Waals surface area contributed by atoms with Crippen LogP contribution < -0.4 is 5.73 Å². The van der Waals surface area contributed by atoms with Gasteiger partial charge in [0.25, 0.3) is 0 Å². The molecule has 2 atom stereocenters. The molecule has 1 heterocycles. The van der Waals surface area contributed by atoms with E-state index < -0.39 is 0 Å². The van der Waals surface area contributed by atoms with Crippen LogP contribution in [0.1, 0.15) is 56.8 Å². The molecule has 0 saturated carbocycles. The highest BCUT2D eigenvalue weighted by Crippen LogP contribution is 2.34. The maximum atomic E-state index is 5.98. The molecule has 0 aliphatic rings. The minimum absolute atomic E-state index is 0.233. The van der Waals surface area contributed by atoms with Crippen molar-refractivity contribution in [2.24, 2.45) is 5.73 Å². The van der Waals surface area contributed by atoms with Crippen LogP contribution in [0.2, 0.25) is 0 Å². The van der Waals surface area contributed by atoms with E-state index in [4.69, 9.17) is 5.73 Å². The van der Waals surface area contributed by atoms with Gasteiger partial charge in [-0.05, 0) is 37.9 Å². The van der Waals surface area contributed by atoms with Gasteiger partial charge in [0.2, 0.25) is 0 Å². The van der Waals surface area contributed by atoms with E-state index in [0.717, 1.165) is 6.42 Å². The summed E-state index contributed by atoms with van der Waals surface area (Å²) >= 11 is 1.91. The van der Waals surface area contributed by atoms with Gasteiger partial charge < -0.3 is 5.73 Å². The molecular formula is C15H28N2S. The van der Waals surface area contributed by atoms with E-state index in [0.29, 0.717) is 18.6 Å². The van der Waals surface area contributed by atoms with Gasteiger partial charge in [-0.25, -0.2) is 0 Å². The molecule has 0 amide bonds. The van der Waals surface area contributed by atoms with Crippen molar-refractivity contribution in [2.75, 3.05) is 13.6 Å². The van der Waals surface area contributed by atoms with Gasteiger partial charge in [-0.3, -0.25) is 4.90 Å². The maximum Gasteiger partial charge on any atom is 0.0564 e. The molecule has 3 heteroatoms. The zero-order valence-electron chi connectivity index (χ0n) is 12.7. The van der Waals surface area contributed by atoms with Crippen molar-refractivity contribution in [3.8, 4) is 0 Å². The van der Waals surface area contributed by atoms with E-state index in [2.05, 4.69) is 58.7 Å². The smallest absolute Gasteiger partial charge is 0.0564 e. The number of rotatable bonds is 5. The lowest BCUT2D eigenvalue weighted by Gasteiger charge is -2.31. The summed E-state index contributed by atoms with van der Waals surface area (Å²) in [6.07, 6.45) is 1.16. The van der Waals surface area contributed by atoms with Crippen LogP contribution in [0.15, 0.2) is 12.1 Å². The highest BCUT2D eigenvalue weighted by atomic mass is 32.1. The van der Waals surface area contributed by atoms with Gasteiger partial charge >= 0.3 is 0 Å². The van der Waals surface area contributed by atoms with Crippen molar-refractivity contribution in [1.29, 1.82) is 0 Å². The SMILES string of the molecule is CCC(C)N(C)C(CN)c1ccc(C(C)(C)C)s1. The highest BCUT2D eigenvalue weighted by Gasteiger charge is 2.23. The number of hydrogen-bond acceptors (Lipinski definition) is 3. The van der Waals surface area contributed by atoms with E-state index in [1.807, 2.05) is 11.3 Å². The molecule has 0 aliphatic carbocycles. The molecule has 0 bridgehead atoms. The number of nitrogens with two attached hydrogens (primary N) is 1. The van der Waals surface area contributed by atoms with Crippen molar-refractivity contribution in [3.05, 3.63) is 21.9 Å². The number of likely N-dealkylation sites (N-methyl/N-ethyl adjacent to an activating group) is 1. The summed E-state index contributed by atoms with van der Waals surface area (Å²) < 4.78 is 0. The molecule has 2 unspecified atom stereocenters. The molecule has 0 radical (unpaired) electrons. The van der Waals surface area contributed by atoms with Crippen molar-refractivity contribution < 1.29 is 0 Å². The molecule has 2 N–H and O–H groups in total. The van der Waals surface area contributed by atoms with E-state index in [1.54, 1.807) is 0 Å². The topological polar surface area (TPSA) is 29.3 Å². The first-order chi connectivity index (χ1) is 8.31. The maximum absolute atomic E-state index is 5.98. The van der Waals surface area contributed by atoms with Crippen molar-refractivity contribution in [2.45, 2.75) is 58.5 Å². The Labute approximate surface area is 116 Å². The van der Waals surface area contributed by atoms with Crippen LogP contribution in [0, 0.1) is 0 Å². The van der Waals surface area contributed by atoms with Crippen molar-refractivity contribution in [3.63, 3.8) is 0 Å². The molecule has 0 aliphatic heterocycles. The zero-order valence-corrected chi connectivity index (χ0v) is 13.5. The zero-order chi connectivity index (χ0) is 13.9. The van der Waals surface area contributed by atoms with Gasteiger partial charge in [-0.15, -0.1) is 11.3 Å². The number of thiophene rings is 1. The predicted octanol–water partition coefficient (Wildman–Crippen LogP) is 3.78. The van der Waals surface area contributed by atoms with Crippen LogP contribution in [0.3, 0.4) is 0 Å². The fourth-order valence-electron chi connectivity index (χ4n) is 2.01. The Hall–Kier alpha value is -0.380. The van der Waals surface area contributed by atoms with Crippen molar-refractivity contribution >= 4 is 11.3 Å². The van der Waals surface area contributed by atoms with Gasteiger partial charge in [0, 0.05) is 22.3 Å². The van der Waals surface area contributed by atoms with Crippen LogP contribution in [-0.4, -0.2) is 24.5 Å². The van der Waals surface area contributed by atoms with Gasteiger partial charge in [0.1, 0.15) is 0 Å². The molecule has 1 aromatic rings. The third kappa shape index (κ3) is 3.56. The first-order valence-corrected chi connectivity index (χ1v) is 7.65. The van der Waals surface area contributed by atoms with Crippen LogP contribution in [0.5, 0.6) is 0 Å². The standard InChI is InChI=1S/C15H28N2S/c1-7-11(2)17(6)12(10-16)13-8-9-14(18-13)15(3,4)5/h8-9,11-12H,7,10,16H2,1-6H3. The fraction of sp³-hybridized carbons (Fsp3) is 0.733. The average Bonchev–Trinajstić information content (AvgIpc) is 2.78. The molecule has 0 saturated heterocycles. The molecule has 18 heavy (non-hydrogen) atoms. The Morgan fingerprint density at radius 3 is 2.33 bits per heavy atom. The molecule has 104 valence electrons. The number of nitrogens with zero attached hydrogens (tertiary/aromatic N) is 1. The Balaban J connectivity index is 2.93. The molecule has 0 aromatic carbocycles. The molecule has 2 nitrogen and oxygen atoms in total. The van der Waals surface area contributed by atoms with Crippen LogP contribution >= 0.6 is 11.3 Å². The Morgan fingerprint density at radius 2 is 1.94 bits per heavy atom. The lowest BCUT2D eigenvalue weighted by molar-refractivity contribution is 0.187. The Bertz CT molecular complexity index is 365. The lowest BCUT2D eigenvalue weighted by atomic mass is 9.95. The van der Waals surface area contributed by atoms with Crippen LogP contribution in [0.4, 0.5) is 0 Å². The second-order valence-corrected chi connectivity index (χ2v) is 7.24. The summed E-state index contributed by atoms with van der Waals surface area (Å²) in [6.45, 7) is 12.0. The quantitative estimate of drug-likeness (QED) is 0.880. The summed E-state index contributed by atoms with van der Waals surface area (Å²) in [5.41, 5.74) is 6.21.